The van der Waals surface area contributed by atoms with Crippen molar-refractivity contribution in [2.24, 2.45) is 0 Å². The van der Waals surface area contributed by atoms with Crippen molar-refractivity contribution in [2.75, 3.05) is 13.1 Å². The fourth-order valence-electron chi connectivity index (χ4n) is 4.21. The summed E-state index contributed by atoms with van der Waals surface area (Å²) in [4.78, 5) is 31.4. The molecule has 2 aromatic heterocycles. The number of fused-ring (bicyclic) bond motifs is 1. The first-order chi connectivity index (χ1) is 13.6. The van der Waals surface area contributed by atoms with E-state index in [-0.39, 0.29) is 17.9 Å². The molecule has 0 bridgehead atoms. The zero-order valence-electron chi connectivity index (χ0n) is 16.4. The summed E-state index contributed by atoms with van der Waals surface area (Å²) in [5, 5.41) is 7.48. The van der Waals surface area contributed by atoms with Gasteiger partial charge in [0.1, 0.15) is 0 Å². The molecule has 0 aliphatic carbocycles. The van der Waals surface area contributed by atoms with Crippen molar-refractivity contribution < 1.29 is 9.59 Å². The van der Waals surface area contributed by atoms with Crippen molar-refractivity contribution >= 4 is 11.8 Å². The van der Waals surface area contributed by atoms with Crippen LogP contribution in [0.25, 0.3) is 0 Å². The molecule has 0 saturated carbocycles. The van der Waals surface area contributed by atoms with E-state index < -0.39 is 0 Å². The second kappa shape index (κ2) is 8.12. The third-order valence-corrected chi connectivity index (χ3v) is 5.68. The van der Waals surface area contributed by atoms with E-state index in [4.69, 9.17) is 0 Å². The Hall–Kier alpha value is -2.70. The number of rotatable bonds is 4. The molecule has 7 nitrogen and oxygen atoms in total. The summed E-state index contributed by atoms with van der Waals surface area (Å²) in [7, 11) is 0. The van der Waals surface area contributed by atoms with Crippen LogP contribution in [0.4, 0.5) is 0 Å². The van der Waals surface area contributed by atoms with E-state index in [1.54, 1.807) is 18.6 Å². The van der Waals surface area contributed by atoms with Crippen LogP contribution in [0.5, 0.6) is 0 Å². The van der Waals surface area contributed by atoms with E-state index in [2.05, 4.69) is 15.4 Å². The lowest BCUT2D eigenvalue weighted by molar-refractivity contribution is -0.130. The number of hydrogen-bond donors (Lipinski definition) is 1. The second-order valence-electron chi connectivity index (χ2n) is 7.86. The van der Waals surface area contributed by atoms with E-state index in [0.29, 0.717) is 18.5 Å². The second-order valence-corrected chi connectivity index (χ2v) is 7.86. The van der Waals surface area contributed by atoms with E-state index >= 15 is 0 Å². The van der Waals surface area contributed by atoms with Crippen molar-refractivity contribution in [2.45, 2.75) is 58.0 Å². The van der Waals surface area contributed by atoms with E-state index in [9.17, 15) is 9.59 Å². The highest BCUT2D eigenvalue weighted by Gasteiger charge is 2.25. The van der Waals surface area contributed by atoms with Gasteiger partial charge in [0.15, 0.2) is 0 Å². The number of pyridine rings is 1. The van der Waals surface area contributed by atoms with Gasteiger partial charge in [-0.2, -0.15) is 5.10 Å². The number of likely N-dealkylation sites (tertiary alicyclic amines) is 1. The van der Waals surface area contributed by atoms with Crippen LogP contribution >= 0.6 is 0 Å². The highest BCUT2D eigenvalue weighted by atomic mass is 16.2. The van der Waals surface area contributed by atoms with Gasteiger partial charge in [-0.15, -0.1) is 0 Å². The van der Waals surface area contributed by atoms with Crippen molar-refractivity contribution in [3.8, 4) is 0 Å². The zero-order valence-corrected chi connectivity index (χ0v) is 16.4. The molecule has 4 rings (SSSR count). The molecule has 1 atom stereocenters. The number of aryl methyl sites for hydroxylation is 2. The molecule has 4 heterocycles. The molecule has 2 amide bonds. The largest absolute Gasteiger partial charge is 0.349 e. The van der Waals surface area contributed by atoms with Gasteiger partial charge in [0.05, 0.1) is 23.9 Å². The van der Waals surface area contributed by atoms with Gasteiger partial charge < -0.3 is 10.2 Å². The van der Waals surface area contributed by atoms with Gasteiger partial charge in [-0.1, -0.05) is 6.07 Å². The SMILES string of the molecule is Cc1cncc(CC(=O)N2CCCC(NC(=O)c3cnn4c3CCC4)CC2)c1. The van der Waals surface area contributed by atoms with Crippen LogP contribution in [0.1, 0.15) is 52.9 Å². The lowest BCUT2D eigenvalue weighted by Gasteiger charge is -2.21. The number of nitrogens with zero attached hydrogens (tertiary/aromatic N) is 4. The van der Waals surface area contributed by atoms with Crippen molar-refractivity contribution in [3.05, 3.63) is 47.0 Å². The van der Waals surface area contributed by atoms with Gasteiger partial charge in [0.25, 0.3) is 5.91 Å². The first-order valence-corrected chi connectivity index (χ1v) is 10.1. The minimum Gasteiger partial charge on any atom is -0.349 e. The van der Waals surface area contributed by atoms with Crippen molar-refractivity contribution in [1.29, 1.82) is 0 Å². The Bertz CT molecular complexity index is 875. The Morgan fingerprint density at radius 3 is 2.89 bits per heavy atom. The number of carbonyl (C=O) groups excluding carboxylic acids is 2. The molecule has 1 saturated heterocycles. The molecule has 7 heteroatoms. The van der Waals surface area contributed by atoms with Crippen LogP contribution in [0.3, 0.4) is 0 Å². The first kappa shape index (κ1) is 18.7. The topological polar surface area (TPSA) is 80.1 Å². The molecule has 1 N–H and O–H groups in total. The van der Waals surface area contributed by atoms with Crippen molar-refractivity contribution in [1.82, 2.24) is 25.0 Å². The Balaban J connectivity index is 1.32. The number of aromatic nitrogens is 3. The van der Waals surface area contributed by atoms with Gasteiger partial charge in [-0.3, -0.25) is 19.3 Å². The summed E-state index contributed by atoms with van der Waals surface area (Å²) in [6, 6.07) is 2.11. The Labute approximate surface area is 165 Å². The molecule has 0 spiro atoms. The summed E-state index contributed by atoms with van der Waals surface area (Å²) in [5.41, 5.74) is 3.78. The predicted octanol–water partition coefficient (Wildman–Crippen LogP) is 1.89. The molecule has 0 aromatic carbocycles. The maximum absolute atomic E-state index is 12.7. The lowest BCUT2D eigenvalue weighted by Crippen LogP contribution is -2.37. The highest BCUT2D eigenvalue weighted by molar-refractivity contribution is 5.95. The normalized spacial score (nSPS) is 19.2. The van der Waals surface area contributed by atoms with Gasteiger partial charge in [-0.05, 0) is 50.2 Å². The van der Waals surface area contributed by atoms with E-state index in [1.807, 2.05) is 22.6 Å². The summed E-state index contributed by atoms with van der Waals surface area (Å²) < 4.78 is 1.93. The zero-order chi connectivity index (χ0) is 19.5. The number of hydrogen-bond acceptors (Lipinski definition) is 4. The van der Waals surface area contributed by atoms with Gasteiger partial charge in [0, 0.05) is 38.1 Å². The highest BCUT2D eigenvalue weighted by Crippen LogP contribution is 2.19. The summed E-state index contributed by atoms with van der Waals surface area (Å²) in [5.74, 6) is 0.104. The third-order valence-electron chi connectivity index (χ3n) is 5.68. The van der Waals surface area contributed by atoms with Crippen LogP contribution in [-0.2, 0) is 24.2 Å². The summed E-state index contributed by atoms with van der Waals surface area (Å²) in [6.07, 6.45) is 10.2. The first-order valence-electron chi connectivity index (χ1n) is 10.1. The van der Waals surface area contributed by atoms with Crippen LogP contribution in [0.15, 0.2) is 24.7 Å². The predicted molar refractivity (Wildman–Crippen MR) is 105 cm³/mol. The number of amides is 2. The minimum atomic E-state index is -0.0289. The van der Waals surface area contributed by atoms with E-state index in [0.717, 1.165) is 62.0 Å². The lowest BCUT2D eigenvalue weighted by atomic mass is 10.1. The summed E-state index contributed by atoms with van der Waals surface area (Å²) >= 11 is 0. The van der Waals surface area contributed by atoms with Gasteiger partial charge in [0.2, 0.25) is 5.91 Å². The number of nitrogens with one attached hydrogen (secondary N) is 1. The smallest absolute Gasteiger partial charge is 0.254 e. The number of carbonyl (C=O) groups is 2. The molecule has 1 unspecified atom stereocenters. The van der Waals surface area contributed by atoms with Crippen LogP contribution in [-0.4, -0.2) is 50.6 Å². The quantitative estimate of drug-likeness (QED) is 0.877. The van der Waals surface area contributed by atoms with E-state index in [1.165, 1.54) is 0 Å². The maximum atomic E-state index is 12.7. The van der Waals surface area contributed by atoms with Gasteiger partial charge >= 0.3 is 0 Å². The van der Waals surface area contributed by atoms with Gasteiger partial charge in [-0.25, -0.2) is 0 Å². The molecule has 0 radical (unpaired) electrons. The molecular formula is C21H27N5O2. The van der Waals surface area contributed by atoms with Crippen LogP contribution < -0.4 is 5.32 Å². The standard InChI is InChI=1S/C21H27N5O2/c1-15-10-16(13-22-12-15)11-20(27)25-7-2-4-17(6-9-25)24-21(28)18-14-23-26-8-3-5-19(18)26/h10,12-14,17H,2-9,11H2,1H3,(H,24,28). The van der Waals surface area contributed by atoms with Crippen LogP contribution in [0, 0.1) is 6.92 Å². The Kier molecular flexibility index (Phi) is 5.41. The van der Waals surface area contributed by atoms with Crippen molar-refractivity contribution in [3.63, 3.8) is 0 Å². The molecule has 28 heavy (non-hydrogen) atoms. The summed E-state index contributed by atoms with van der Waals surface area (Å²) in [6.45, 7) is 4.30. The van der Waals surface area contributed by atoms with Crippen LogP contribution in [0.2, 0.25) is 0 Å². The molecule has 2 aromatic rings. The monoisotopic (exact) mass is 381 g/mol. The minimum absolute atomic E-state index is 0.0289. The average molecular weight is 381 g/mol. The molecule has 2 aliphatic rings. The molecular weight excluding hydrogens is 354 g/mol. The Morgan fingerprint density at radius 2 is 2.04 bits per heavy atom. The molecule has 2 aliphatic heterocycles. The molecule has 1 fully saturated rings. The maximum Gasteiger partial charge on any atom is 0.254 e. The molecule has 148 valence electrons. The fourth-order valence-corrected chi connectivity index (χ4v) is 4.21. The fraction of sp³-hybridized carbons (Fsp3) is 0.524. The average Bonchev–Trinajstić information content (AvgIpc) is 3.20. The Morgan fingerprint density at radius 1 is 1.14 bits per heavy atom. The third kappa shape index (κ3) is 4.08.